The summed E-state index contributed by atoms with van der Waals surface area (Å²) < 4.78 is 18.7. The van der Waals surface area contributed by atoms with Crippen molar-refractivity contribution in [2.24, 2.45) is 0 Å². The number of hydrogen-bond acceptors (Lipinski definition) is 5. The van der Waals surface area contributed by atoms with Crippen molar-refractivity contribution in [1.82, 2.24) is 4.98 Å². The Morgan fingerprint density at radius 1 is 1.43 bits per heavy atom. The minimum Gasteiger partial charge on any atom is -0.432 e. The lowest BCUT2D eigenvalue weighted by Crippen LogP contribution is -1.98. The summed E-state index contributed by atoms with van der Waals surface area (Å²) in [5, 5.41) is 10.9. The van der Waals surface area contributed by atoms with Crippen LogP contribution in [-0.2, 0) is 0 Å². The number of ketones is 1. The van der Waals surface area contributed by atoms with Crippen molar-refractivity contribution in [3.05, 3.63) is 56.4 Å². The van der Waals surface area contributed by atoms with E-state index >= 15 is 0 Å². The quantitative estimate of drug-likeness (QED) is 0.472. The number of aromatic nitrogens is 1. The smallest absolute Gasteiger partial charge is 0.312 e. The topological polar surface area (TPSA) is 82.3 Å². The number of nitrogens with zero attached hydrogens (tertiary/aromatic N) is 2. The zero-order valence-corrected chi connectivity index (χ0v) is 12.3. The van der Waals surface area contributed by atoms with Crippen LogP contribution in [0.5, 0.6) is 11.6 Å². The number of pyridine rings is 1. The highest BCUT2D eigenvalue weighted by Gasteiger charge is 2.20. The second kappa shape index (κ2) is 5.96. The van der Waals surface area contributed by atoms with Gasteiger partial charge in [-0.1, -0.05) is 0 Å². The van der Waals surface area contributed by atoms with Gasteiger partial charge in [-0.05, 0) is 28.9 Å². The summed E-state index contributed by atoms with van der Waals surface area (Å²) in [7, 11) is 0. The van der Waals surface area contributed by atoms with Crippen LogP contribution in [0, 0.1) is 15.9 Å². The predicted molar refractivity (Wildman–Crippen MR) is 75.1 cm³/mol. The number of benzene rings is 1. The van der Waals surface area contributed by atoms with Gasteiger partial charge in [0.2, 0.25) is 11.6 Å². The fraction of sp³-hybridized carbons (Fsp3) is 0.0769. The van der Waals surface area contributed by atoms with E-state index in [-0.39, 0.29) is 21.9 Å². The molecule has 0 unspecified atom stereocenters. The molecule has 8 heteroatoms. The SMILES string of the molecule is CC(=O)c1ccc(Oc2cc(F)c(Br)cc2[N+](=O)[O-])nc1. The lowest BCUT2D eigenvalue weighted by atomic mass is 10.2. The molecule has 0 aliphatic heterocycles. The first-order valence-electron chi connectivity index (χ1n) is 5.66. The van der Waals surface area contributed by atoms with Gasteiger partial charge in [0.15, 0.2) is 5.78 Å². The molecule has 0 bridgehead atoms. The standard InChI is InChI=1S/C13H8BrFN2O4/c1-7(18)8-2-3-13(16-6-8)21-12-5-10(15)9(14)4-11(12)17(19)20/h2-6H,1H3. The summed E-state index contributed by atoms with van der Waals surface area (Å²) >= 11 is 2.87. The maximum absolute atomic E-state index is 13.5. The third-order valence-corrected chi connectivity index (χ3v) is 3.16. The van der Waals surface area contributed by atoms with Crippen molar-refractivity contribution in [1.29, 1.82) is 0 Å². The maximum Gasteiger partial charge on any atom is 0.312 e. The van der Waals surface area contributed by atoms with Crippen LogP contribution in [0.2, 0.25) is 0 Å². The Morgan fingerprint density at radius 2 is 2.14 bits per heavy atom. The highest BCUT2D eigenvalue weighted by molar-refractivity contribution is 9.10. The van der Waals surface area contributed by atoms with E-state index in [4.69, 9.17) is 4.74 Å². The van der Waals surface area contributed by atoms with Crippen LogP contribution in [0.15, 0.2) is 34.9 Å². The fourth-order valence-corrected chi connectivity index (χ4v) is 1.84. The summed E-state index contributed by atoms with van der Waals surface area (Å²) in [6, 6.07) is 4.74. The van der Waals surface area contributed by atoms with E-state index in [2.05, 4.69) is 20.9 Å². The Bertz CT molecular complexity index is 719. The number of rotatable bonds is 4. The zero-order chi connectivity index (χ0) is 15.6. The second-order valence-corrected chi connectivity index (χ2v) is 4.89. The average Bonchev–Trinajstić information content (AvgIpc) is 2.43. The van der Waals surface area contributed by atoms with Gasteiger partial charge in [-0.2, -0.15) is 0 Å². The maximum atomic E-state index is 13.5. The summed E-state index contributed by atoms with van der Waals surface area (Å²) in [6.07, 6.45) is 1.28. The summed E-state index contributed by atoms with van der Waals surface area (Å²) in [6.45, 7) is 1.38. The molecule has 0 amide bonds. The summed E-state index contributed by atoms with van der Waals surface area (Å²) in [5.41, 5.74) is -0.0282. The van der Waals surface area contributed by atoms with Crippen molar-refractivity contribution in [2.45, 2.75) is 6.92 Å². The number of carbonyl (C=O) groups is 1. The molecule has 108 valence electrons. The van der Waals surface area contributed by atoms with Crippen LogP contribution >= 0.6 is 15.9 Å². The van der Waals surface area contributed by atoms with Crippen LogP contribution in [0.25, 0.3) is 0 Å². The van der Waals surface area contributed by atoms with Crippen LogP contribution in [0.3, 0.4) is 0 Å². The largest absolute Gasteiger partial charge is 0.432 e. The molecular formula is C13H8BrFN2O4. The number of halogens is 2. The van der Waals surface area contributed by atoms with Gasteiger partial charge in [0.1, 0.15) is 5.82 Å². The molecule has 2 rings (SSSR count). The minimum absolute atomic E-state index is 0.0184. The zero-order valence-electron chi connectivity index (χ0n) is 10.7. The molecule has 0 aliphatic carbocycles. The van der Waals surface area contributed by atoms with Crippen LogP contribution in [-0.4, -0.2) is 15.7 Å². The van der Waals surface area contributed by atoms with E-state index in [0.717, 1.165) is 12.1 Å². The van der Waals surface area contributed by atoms with Crippen molar-refractivity contribution in [3.8, 4) is 11.6 Å². The van der Waals surface area contributed by atoms with E-state index in [1.807, 2.05) is 0 Å². The van der Waals surface area contributed by atoms with Gasteiger partial charge in [0.05, 0.1) is 9.40 Å². The monoisotopic (exact) mass is 354 g/mol. The van der Waals surface area contributed by atoms with Crippen LogP contribution in [0.4, 0.5) is 10.1 Å². The van der Waals surface area contributed by atoms with Gasteiger partial charge in [0, 0.05) is 30.0 Å². The number of hydrogen-bond donors (Lipinski definition) is 0. The Morgan fingerprint density at radius 3 is 2.67 bits per heavy atom. The molecule has 0 spiro atoms. The Labute approximate surface area is 126 Å². The van der Waals surface area contributed by atoms with Crippen molar-refractivity contribution in [2.75, 3.05) is 0 Å². The van der Waals surface area contributed by atoms with Gasteiger partial charge in [-0.25, -0.2) is 9.37 Å². The molecule has 1 aromatic carbocycles. The van der Waals surface area contributed by atoms with Gasteiger partial charge < -0.3 is 4.74 Å². The highest BCUT2D eigenvalue weighted by atomic mass is 79.9. The molecule has 0 radical (unpaired) electrons. The number of nitro benzene ring substituents is 1. The second-order valence-electron chi connectivity index (χ2n) is 4.03. The van der Waals surface area contributed by atoms with Gasteiger partial charge in [0.25, 0.3) is 0 Å². The Hall–Kier alpha value is -2.35. The molecule has 1 heterocycles. The average molecular weight is 355 g/mol. The molecular weight excluding hydrogens is 347 g/mol. The van der Waals surface area contributed by atoms with E-state index in [1.165, 1.54) is 25.3 Å². The van der Waals surface area contributed by atoms with Gasteiger partial charge in [-0.15, -0.1) is 0 Å². The van der Waals surface area contributed by atoms with E-state index in [1.54, 1.807) is 0 Å². The fourth-order valence-electron chi connectivity index (χ4n) is 1.50. The first-order chi connectivity index (χ1) is 9.88. The van der Waals surface area contributed by atoms with Crippen molar-refractivity contribution in [3.63, 3.8) is 0 Å². The third kappa shape index (κ3) is 3.40. The lowest BCUT2D eigenvalue weighted by molar-refractivity contribution is -0.385. The molecule has 0 N–H and O–H groups in total. The Balaban J connectivity index is 2.36. The Kier molecular flexibility index (Phi) is 4.27. The van der Waals surface area contributed by atoms with Crippen molar-refractivity contribution < 1.29 is 18.8 Å². The molecule has 0 atom stereocenters. The third-order valence-electron chi connectivity index (χ3n) is 2.56. The first kappa shape index (κ1) is 15.0. The number of nitro groups is 1. The minimum atomic E-state index is -0.698. The number of carbonyl (C=O) groups excluding carboxylic acids is 1. The molecule has 0 saturated carbocycles. The normalized spacial score (nSPS) is 10.2. The van der Waals surface area contributed by atoms with Gasteiger partial charge >= 0.3 is 5.69 Å². The summed E-state index contributed by atoms with van der Waals surface area (Å²) in [5.74, 6) is -1.13. The highest BCUT2D eigenvalue weighted by Crippen LogP contribution is 2.34. The molecule has 2 aromatic rings. The summed E-state index contributed by atoms with van der Waals surface area (Å²) in [4.78, 5) is 25.2. The van der Waals surface area contributed by atoms with Crippen LogP contribution < -0.4 is 4.74 Å². The molecule has 21 heavy (non-hydrogen) atoms. The van der Waals surface area contributed by atoms with E-state index in [9.17, 15) is 19.3 Å². The van der Waals surface area contributed by atoms with E-state index in [0.29, 0.717) is 5.56 Å². The van der Waals surface area contributed by atoms with Crippen LogP contribution in [0.1, 0.15) is 17.3 Å². The molecule has 0 fully saturated rings. The number of Topliss-reactive ketones (excluding diaryl/α,β-unsaturated/α-hetero) is 1. The lowest BCUT2D eigenvalue weighted by Gasteiger charge is -2.06. The molecule has 1 aromatic heterocycles. The molecule has 6 nitrogen and oxygen atoms in total. The van der Waals surface area contributed by atoms with E-state index < -0.39 is 16.4 Å². The predicted octanol–water partition coefficient (Wildman–Crippen LogP) is 3.89. The van der Waals surface area contributed by atoms with Crippen molar-refractivity contribution >= 4 is 27.4 Å². The first-order valence-corrected chi connectivity index (χ1v) is 6.46. The van der Waals surface area contributed by atoms with Gasteiger partial charge in [-0.3, -0.25) is 14.9 Å². The molecule has 0 aliphatic rings. The molecule has 0 saturated heterocycles. The number of ether oxygens (including phenoxy) is 1.